The minimum atomic E-state index is 0.272. The van der Waals surface area contributed by atoms with Crippen molar-refractivity contribution < 1.29 is 14.2 Å². The lowest BCUT2D eigenvalue weighted by Crippen LogP contribution is -1.95. The molecule has 3 N–H and O–H groups in total. The molecule has 1 aliphatic heterocycles. The summed E-state index contributed by atoms with van der Waals surface area (Å²) in [4.78, 5) is 0. The summed E-state index contributed by atoms with van der Waals surface area (Å²) in [6, 6.07) is 11.2. The van der Waals surface area contributed by atoms with Crippen molar-refractivity contribution in [2.45, 2.75) is 0 Å². The Morgan fingerprint density at radius 3 is 2.63 bits per heavy atom. The molecule has 1 heterocycles. The van der Waals surface area contributed by atoms with Gasteiger partial charge in [0.15, 0.2) is 11.5 Å². The van der Waals surface area contributed by atoms with E-state index in [0.717, 1.165) is 22.9 Å². The minimum absolute atomic E-state index is 0.272. The molecule has 5 nitrogen and oxygen atoms in total. The smallest absolute Gasteiger partial charge is 0.231 e. The topological polar surface area (TPSA) is 65.7 Å². The average molecular weight is 258 g/mol. The van der Waals surface area contributed by atoms with Gasteiger partial charge in [0, 0.05) is 23.5 Å². The van der Waals surface area contributed by atoms with Gasteiger partial charge in [-0.05, 0) is 24.3 Å². The molecule has 0 saturated heterocycles. The Morgan fingerprint density at radius 2 is 1.79 bits per heavy atom. The van der Waals surface area contributed by atoms with Crippen molar-refractivity contribution in [3.63, 3.8) is 0 Å². The van der Waals surface area contributed by atoms with Crippen molar-refractivity contribution >= 4 is 17.1 Å². The quantitative estimate of drug-likeness (QED) is 0.829. The summed E-state index contributed by atoms with van der Waals surface area (Å²) < 4.78 is 15.8. The number of benzene rings is 2. The van der Waals surface area contributed by atoms with E-state index in [-0.39, 0.29) is 6.79 Å². The Balaban J connectivity index is 1.85. The largest absolute Gasteiger partial charge is 0.495 e. The van der Waals surface area contributed by atoms with Crippen molar-refractivity contribution in [3.8, 4) is 17.2 Å². The van der Waals surface area contributed by atoms with Crippen LogP contribution in [0.2, 0.25) is 0 Å². The van der Waals surface area contributed by atoms with Crippen LogP contribution in [0.15, 0.2) is 36.4 Å². The molecule has 0 aliphatic carbocycles. The zero-order valence-corrected chi connectivity index (χ0v) is 10.5. The molecule has 2 aromatic carbocycles. The SMILES string of the molecule is COc1cc(Nc2ccc3c(c2)OCO3)ccc1N. The first-order valence-corrected chi connectivity index (χ1v) is 5.86. The fraction of sp³-hybridized carbons (Fsp3) is 0.143. The molecule has 98 valence electrons. The molecule has 0 atom stereocenters. The lowest BCUT2D eigenvalue weighted by molar-refractivity contribution is 0.174. The van der Waals surface area contributed by atoms with Crippen molar-refractivity contribution in [2.24, 2.45) is 0 Å². The Morgan fingerprint density at radius 1 is 1.05 bits per heavy atom. The van der Waals surface area contributed by atoms with Crippen LogP contribution in [0.4, 0.5) is 17.1 Å². The Labute approximate surface area is 110 Å². The monoisotopic (exact) mass is 258 g/mol. The molecule has 0 amide bonds. The van der Waals surface area contributed by atoms with Crippen molar-refractivity contribution in [1.82, 2.24) is 0 Å². The molecular formula is C14H14N2O3. The van der Waals surface area contributed by atoms with E-state index in [1.165, 1.54) is 0 Å². The third-order valence-electron chi connectivity index (χ3n) is 2.89. The third kappa shape index (κ3) is 2.22. The van der Waals surface area contributed by atoms with Gasteiger partial charge in [0.2, 0.25) is 6.79 Å². The fourth-order valence-corrected chi connectivity index (χ4v) is 1.93. The number of nitrogens with one attached hydrogen (secondary N) is 1. The van der Waals surface area contributed by atoms with E-state index >= 15 is 0 Å². The Kier molecular flexibility index (Phi) is 2.79. The molecule has 2 aromatic rings. The van der Waals surface area contributed by atoms with Gasteiger partial charge in [-0.1, -0.05) is 0 Å². The van der Waals surface area contributed by atoms with E-state index in [1.54, 1.807) is 13.2 Å². The predicted octanol–water partition coefficient (Wildman–Crippen LogP) is 2.75. The van der Waals surface area contributed by atoms with Gasteiger partial charge in [0.25, 0.3) is 0 Å². The van der Waals surface area contributed by atoms with Crippen LogP contribution in [-0.2, 0) is 0 Å². The molecule has 19 heavy (non-hydrogen) atoms. The van der Waals surface area contributed by atoms with Gasteiger partial charge < -0.3 is 25.3 Å². The molecule has 0 aromatic heterocycles. The fourth-order valence-electron chi connectivity index (χ4n) is 1.93. The summed E-state index contributed by atoms with van der Waals surface area (Å²) in [6.45, 7) is 0.272. The lowest BCUT2D eigenvalue weighted by Gasteiger charge is -2.10. The van der Waals surface area contributed by atoms with Gasteiger partial charge >= 0.3 is 0 Å². The maximum Gasteiger partial charge on any atom is 0.231 e. The van der Waals surface area contributed by atoms with Crippen LogP contribution >= 0.6 is 0 Å². The highest BCUT2D eigenvalue weighted by Crippen LogP contribution is 2.35. The van der Waals surface area contributed by atoms with Gasteiger partial charge in [-0.2, -0.15) is 0 Å². The zero-order chi connectivity index (χ0) is 13.2. The molecule has 1 aliphatic rings. The van der Waals surface area contributed by atoms with E-state index in [2.05, 4.69) is 5.32 Å². The molecule has 0 unspecified atom stereocenters. The van der Waals surface area contributed by atoms with E-state index < -0.39 is 0 Å². The zero-order valence-electron chi connectivity index (χ0n) is 10.5. The van der Waals surface area contributed by atoms with Gasteiger partial charge in [0.1, 0.15) is 5.75 Å². The normalized spacial score (nSPS) is 12.3. The summed E-state index contributed by atoms with van der Waals surface area (Å²) in [7, 11) is 1.59. The number of rotatable bonds is 3. The van der Waals surface area contributed by atoms with Crippen molar-refractivity contribution in [2.75, 3.05) is 25.0 Å². The van der Waals surface area contributed by atoms with Crippen molar-refractivity contribution in [1.29, 1.82) is 0 Å². The van der Waals surface area contributed by atoms with Crippen LogP contribution in [-0.4, -0.2) is 13.9 Å². The number of ether oxygens (including phenoxy) is 3. The number of hydrogen-bond donors (Lipinski definition) is 2. The molecule has 0 spiro atoms. The number of anilines is 3. The van der Waals surface area contributed by atoms with Gasteiger partial charge in [-0.3, -0.25) is 0 Å². The van der Waals surface area contributed by atoms with E-state index in [0.29, 0.717) is 11.4 Å². The highest BCUT2D eigenvalue weighted by Gasteiger charge is 2.13. The molecule has 0 saturated carbocycles. The number of nitrogen functional groups attached to an aromatic ring is 1. The van der Waals surface area contributed by atoms with Crippen LogP contribution in [0, 0.1) is 0 Å². The summed E-state index contributed by atoms with van der Waals surface area (Å²) in [5.74, 6) is 2.15. The molecular weight excluding hydrogens is 244 g/mol. The van der Waals surface area contributed by atoms with Gasteiger partial charge in [-0.25, -0.2) is 0 Å². The maximum atomic E-state index is 5.78. The van der Waals surface area contributed by atoms with E-state index in [1.807, 2.05) is 30.3 Å². The van der Waals surface area contributed by atoms with Gasteiger partial charge in [0.05, 0.1) is 12.8 Å². The van der Waals surface area contributed by atoms with Crippen LogP contribution in [0.1, 0.15) is 0 Å². The number of methoxy groups -OCH3 is 1. The second-order valence-corrected chi connectivity index (χ2v) is 4.15. The van der Waals surface area contributed by atoms with Gasteiger partial charge in [-0.15, -0.1) is 0 Å². The lowest BCUT2D eigenvalue weighted by atomic mass is 10.2. The van der Waals surface area contributed by atoms with Crippen LogP contribution in [0.25, 0.3) is 0 Å². The molecule has 5 heteroatoms. The summed E-state index contributed by atoms with van der Waals surface area (Å²) in [6.07, 6.45) is 0. The number of fused-ring (bicyclic) bond motifs is 1. The molecule has 0 radical (unpaired) electrons. The second kappa shape index (κ2) is 4.61. The molecule has 0 bridgehead atoms. The number of hydrogen-bond acceptors (Lipinski definition) is 5. The van der Waals surface area contributed by atoms with Crippen LogP contribution in [0.5, 0.6) is 17.2 Å². The first-order valence-electron chi connectivity index (χ1n) is 5.86. The summed E-state index contributed by atoms with van der Waals surface area (Å²) >= 11 is 0. The maximum absolute atomic E-state index is 5.78. The molecule has 3 rings (SSSR count). The highest BCUT2D eigenvalue weighted by molar-refractivity contribution is 5.68. The first kappa shape index (κ1) is 11.5. The van der Waals surface area contributed by atoms with E-state index in [9.17, 15) is 0 Å². The van der Waals surface area contributed by atoms with Crippen molar-refractivity contribution in [3.05, 3.63) is 36.4 Å². The standard InChI is InChI=1S/C14H14N2O3/c1-17-13-6-9(2-4-11(13)15)16-10-3-5-12-14(7-10)19-8-18-12/h2-7,16H,8,15H2,1H3. The number of nitrogens with two attached hydrogens (primary N) is 1. The second-order valence-electron chi connectivity index (χ2n) is 4.15. The first-order chi connectivity index (χ1) is 9.26. The van der Waals surface area contributed by atoms with Crippen LogP contribution in [0.3, 0.4) is 0 Å². The Hall–Kier alpha value is -2.56. The minimum Gasteiger partial charge on any atom is -0.495 e. The van der Waals surface area contributed by atoms with E-state index in [4.69, 9.17) is 19.9 Å². The molecule has 0 fully saturated rings. The summed E-state index contributed by atoms with van der Waals surface area (Å²) in [5, 5.41) is 3.26. The summed E-state index contributed by atoms with van der Waals surface area (Å²) in [5.41, 5.74) is 8.19. The average Bonchev–Trinajstić information content (AvgIpc) is 2.88. The highest BCUT2D eigenvalue weighted by atomic mass is 16.7. The predicted molar refractivity (Wildman–Crippen MR) is 73.3 cm³/mol. The Bertz CT molecular complexity index is 605. The van der Waals surface area contributed by atoms with Crippen LogP contribution < -0.4 is 25.3 Å². The third-order valence-corrected chi connectivity index (χ3v) is 2.89.